The lowest BCUT2D eigenvalue weighted by molar-refractivity contribution is 0.0975. The van der Waals surface area contributed by atoms with E-state index in [1.807, 2.05) is 13.8 Å². The Morgan fingerprint density at radius 1 is 1.16 bits per heavy atom. The molecule has 172 valence electrons. The highest BCUT2D eigenvalue weighted by atomic mass is 32.2. The molecule has 1 aromatic carbocycles. The van der Waals surface area contributed by atoms with E-state index in [9.17, 15) is 13.2 Å². The van der Waals surface area contributed by atoms with Crippen molar-refractivity contribution in [3.8, 4) is 5.75 Å². The van der Waals surface area contributed by atoms with E-state index in [1.54, 1.807) is 24.3 Å². The van der Waals surface area contributed by atoms with Crippen molar-refractivity contribution in [2.45, 2.75) is 25.2 Å². The number of piperidine rings is 1. The number of nitrogens with one attached hydrogen (secondary N) is 3. The van der Waals surface area contributed by atoms with E-state index in [1.165, 1.54) is 22.9 Å². The topological polar surface area (TPSA) is 133 Å². The second-order valence-corrected chi connectivity index (χ2v) is 10.7. The zero-order valence-corrected chi connectivity index (χ0v) is 19.7. The number of amides is 1. The van der Waals surface area contributed by atoms with Gasteiger partial charge < -0.3 is 9.47 Å². The third kappa shape index (κ3) is 5.53. The number of amidine groups is 1. The van der Waals surface area contributed by atoms with Crippen molar-refractivity contribution >= 4 is 39.2 Å². The van der Waals surface area contributed by atoms with Gasteiger partial charge in [-0.25, -0.2) is 8.42 Å². The van der Waals surface area contributed by atoms with Gasteiger partial charge in [0, 0.05) is 24.0 Å². The van der Waals surface area contributed by atoms with Gasteiger partial charge in [-0.15, -0.1) is 11.3 Å². The molecule has 3 N–H and O–H groups in total. The van der Waals surface area contributed by atoms with Crippen LogP contribution >= 0.6 is 11.3 Å². The van der Waals surface area contributed by atoms with Gasteiger partial charge in [-0.05, 0) is 48.6 Å². The van der Waals surface area contributed by atoms with Crippen molar-refractivity contribution in [3.05, 3.63) is 46.2 Å². The number of ether oxygens (including phenoxy) is 2. The second kappa shape index (κ2) is 9.80. The maximum Gasteiger partial charge on any atom is 0.295 e. The molecule has 1 aliphatic heterocycles. The molecular formula is C21H26N4O5S2. The van der Waals surface area contributed by atoms with Gasteiger partial charge in [0.05, 0.1) is 16.9 Å². The minimum Gasteiger partial charge on any atom is -0.497 e. The van der Waals surface area contributed by atoms with Crippen LogP contribution in [-0.4, -0.2) is 50.7 Å². The number of carbonyl (C=O) groups excluding carboxylic acids is 1. The Morgan fingerprint density at radius 2 is 1.78 bits per heavy atom. The van der Waals surface area contributed by atoms with Gasteiger partial charge >= 0.3 is 0 Å². The molecule has 0 aliphatic carbocycles. The number of carbonyl (C=O) groups is 1. The summed E-state index contributed by atoms with van der Waals surface area (Å²) in [7, 11) is -2.17. The number of benzene rings is 1. The zero-order valence-electron chi connectivity index (χ0n) is 18.0. The molecule has 3 rings (SSSR count). The molecular weight excluding hydrogens is 452 g/mol. The number of hydrogen-bond donors (Lipinski definition) is 3. The van der Waals surface area contributed by atoms with Crippen molar-refractivity contribution in [2.24, 2.45) is 11.8 Å². The van der Waals surface area contributed by atoms with Crippen LogP contribution in [0, 0.1) is 22.7 Å². The van der Waals surface area contributed by atoms with Crippen LogP contribution < -0.4 is 10.1 Å². The summed E-state index contributed by atoms with van der Waals surface area (Å²) in [6.45, 7) is 4.96. The maximum absolute atomic E-state index is 13.0. The van der Waals surface area contributed by atoms with E-state index in [4.69, 9.17) is 20.3 Å². The summed E-state index contributed by atoms with van der Waals surface area (Å²) >= 11 is 0.974. The molecule has 1 aromatic heterocycles. The van der Waals surface area contributed by atoms with Crippen molar-refractivity contribution < 1.29 is 22.7 Å². The van der Waals surface area contributed by atoms with Crippen LogP contribution in [-0.2, 0) is 14.8 Å². The lowest BCUT2D eigenvalue weighted by Crippen LogP contribution is -2.42. The van der Waals surface area contributed by atoms with E-state index >= 15 is 0 Å². The third-order valence-electron chi connectivity index (χ3n) is 5.06. The summed E-state index contributed by atoms with van der Waals surface area (Å²) in [5, 5.41) is 19.4. The highest BCUT2D eigenvalue weighted by Gasteiger charge is 2.32. The van der Waals surface area contributed by atoms with Crippen LogP contribution in [0.5, 0.6) is 5.75 Å². The lowest BCUT2D eigenvalue weighted by atomic mass is 9.94. The fourth-order valence-corrected chi connectivity index (χ4v) is 6.45. The minimum atomic E-state index is -3.70. The van der Waals surface area contributed by atoms with E-state index in [0.717, 1.165) is 17.8 Å². The Bertz CT molecular complexity index is 1100. The molecule has 32 heavy (non-hydrogen) atoms. The van der Waals surface area contributed by atoms with Gasteiger partial charge in [0.1, 0.15) is 5.75 Å². The monoisotopic (exact) mass is 478 g/mol. The van der Waals surface area contributed by atoms with Crippen LogP contribution in [0.2, 0.25) is 0 Å². The molecule has 9 nitrogen and oxygen atoms in total. The summed E-state index contributed by atoms with van der Waals surface area (Å²) in [6.07, 6.45) is 0.983. The predicted octanol–water partition coefficient (Wildman–Crippen LogP) is 3.13. The van der Waals surface area contributed by atoms with Crippen LogP contribution in [0.4, 0.5) is 0 Å². The average molecular weight is 479 g/mol. The van der Waals surface area contributed by atoms with E-state index in [-0.39, 0.29) is 27.5 Å². The van der Waals surface area contributed by atoms with Crippen LogP contribution in [0.15, 0.2) is 40.6 Å². The van der Waals surface area contributed by atoms with Crippen molar-refractivity contribution in [1.29, 1.82) is 10.8 Å². The number of hydrogen-bond acceptors (Lipinski definition) is 8. The molecule has 2 atom stereocenters. The first-order valence-electron chi connectivity index (χ1n) is 9.99. The SMILES string of the molecule is COc1ccc(C(=N)OC(=N)NC(=O)c2cc(S(=O)(=O)N3C[C@H](C)C[C@H](C)C3)cs2)cc1. The normalized spacial score (nSPS) is 19.2. The molecule has 1 aliphatic rings. The molecule has 0 saturated carbocycles. The number of nitrogens with zero attached hydrogens (tertiary/aromatic N) is 1. The van der Waals surface area contributed by atoms with E-state index < -0.39 is 22.0 Å². The summed E-state index contributed by atoms with van der Waals surface area (Å²) < 4.78 is 37.6. The summed E-state index contributed by atoms with van der Waals surface area (Å²) in [5.74, 6) is 0.161. The molecule has 0 unspecified atom stereocenters. The van der Waals surface area contributed by atoms with Crippen molar-refractivity contribution in [2.75, 3.05) is 20.2 Å². The predicted molar refractivity (Wildman–Crippen MR) is 122 cm³/mol. The Hall–Kier alpha value is -2.76. The zero-order chi connectivity index (χ0) is 23.5. The fourth-order valence-electron chi connectivity index (χ4n) is 3.62. The maximum atomic E-state index is 13.0. The first kappa shape index (κ1) is 23.9. The van der Waals surface area contributed by atoms with Crippen LogP contribution in [0.1, 0.15) is 35.5 Å². The Labute approximate surface area is 191 Å². The van der Waals surface area contributed by atoms with Gasteiger partial charge in [0.2, 0.25) is 15.9 Å². The van der Waals surface area contributed by atoms with Gasteiger partial charge in [0.25, 0.3) is 11.9 Å². The number of thiophene rings is 1. The number of sulfonamides is 1. The second-order valence-electron chi connectivity index (χ2n) is 7.86. The Balaban J connectivity index is 1.62. The fraction of sp³-hybridized carbons (Fsp3) is 0.381. The number of rotatable bonds is 5. The van der Waals surface area contributed by atoms with Crippen molar-refractivity contribution in [3.63, 3.8) is 0 Å². The quantitative estimate of drug-likeness (QED) is 0.449. The Morgan fingerprint density at radius 3 is 2.38 bits per heavy atom. The first-order chi connectivity index (χ1) is 15.1. The molecule has 1 saturated heterocycles. The molecule has 2 aromatic rings. The largest absolute Gasteiger partial charge is 0.497 e. The molecule has 1 fully saturated rings. The van der Waals surface area contributed by atoms with Crippen LogP contribution in [0.3, 0.4) is 0 Å². The number of methoxy groups -OCH3 is 1. The summed E-state index contributed by atoms with van der Waals surface area (Å²) in [6, 6.07) is 7.15. The van der Waals surface area contributed by atoms with Gasteiger partial charge in [-0.3, -0.25) is 20.9 Å². The molecule has 11 heteroatoms. The smallest absolute Gasteiger partial charge is 0.295 e. The first-order valence-corrected chi connectivity index (χ1v) is 12.3. The highest BCUT2D eigenvalue weighted by molar-refractivity contribution is 7.89. The van der Waals surface area contributed by atoms with Gasteiger partial charge in [-0.2, -0.15) is 4.31 Å². The third-order valence-corrected chi connectivity index (χ3v) is 7.94. The van der Waals surface area contributed by atoms with E-state index in [2.05, 4.69) is 5.32 Å². The van der Waals surface area contributed by atoms with Gasteiger partial charge in [0.15, 0.2) is 0 Å². The molecule has 0 bridgehead atoms. The minimum absolute atomic E-state index is 0.0624. The standard InChI is InChI=1S/C21H26N4O5S2/c1-13-8-14(2)11-25(10-13)32(27,28)17-9-18(31-12-17)20(26)24-21(23)30-19(22)15-4-6-16(29-3)7-5-15/h4-7,9,12-14,22H,8,10-11H2,1-3H3,(H2,23,24,26)/t13-,14+. The summed E-state index contributed by atoms with van der Waals surface area (Å²) in [4.78, 5) is 12.7. The highest BCUT2D eigenvalue weighted by Crippen LogP contribution is 2.29. The lowest BCUT2D eigenvalue weighted by Gasteiger charge is -2.33. The molecule has 2 heterocycles. The van der Waals surface area contributed by atoms with Crippen molar-refractivity contribution in [1.82, 2.24) is 9.62 Å². The van der Waals surface area contributed by atoms with Crippen LogP contribution in [0.25, 0.3) is 0 Å². The van der Waals surface area contributed by atoms with Gasteiger partial charge in [-0.1, -0.05) is 13.8 Å². The molecule has 0 radical (unpaired) electrons. The summed E-state index contributed by atoms with van der Waals surface area (Å²) in [5.41, 5.74) is 0.402. The average Bonchev–Trinajstić information content (AvgIpc) is 3.24. The molecule has 0 spiro atoms. The Kier molecular flexibility index (Phi) is 7.32. The molecule has 1 amide bonds. The van der Waals surface area contributed by atoms with E-state index in [0.29, 0.717) is 24.4 Å².